The zero-order chi connectivity index (χ0) is 22.4. The minimum absolute atomic E-state index is 0.0279. The predicted molar refractivity (Wildman–Crippen MR) is 120 cm³/mol. The van der Waals surface area contributed by atoms with Gasteiger partial charge in [0.05, 0.1) is 20.8 Å². The molecule has 0 saturated heterocycles. The van der Waals surface area contributed by atoms with Crippen molar-refractivity contribution in [2.24, 2.45) is 0 Å². The lowest BCUT2D eigenvalue weighted by Gasteiger charge is -2.21. The first-order valence-corrected chi connectivity index (χ1v) is 10.4. The van der Waals surface area contributed by atoms with Crippen LogP contribution in [0.4, 0.5) is 29.9 Å². The van der Waals surface area contributed by atoms with Crippen LogP contribution in [0.5, 0.6) is 11.5 Å². The summed E-state index contributed by atoms with van der Waals surface area (Å²) in [4.78, 5) is 11.7. The van der Waals surface area contributed by atoms with Crippen molar-refractivity contribution in [3.05, 3.63) is 65.4 Å². The monoisotopic (exact) mass is 475 g/mol. The van der Waals surface area contributed by atoms with Gasteiger partial charge in [0, 0.05) is 11.8 Å². The first-order chi connectivity index (χ1) is 15.4. The van der Waals surface area contributed by atoms with Crippen LogP contribution >= 0.6 is 22.9 Å². The number of nitrogens with one attached hydrogen (secondary N) is 1. The zero-order valence-corrected chi connectivity index (χ0v) is 17.6. The maximum atomic E-state index is 13.9. The Morgan fingerprint density at radius 3 is 2.53 bits per heavy atom. The van der Waals surface area contributed by atoms with Crippen LogP contribution < -0.4 is 15.4 Å². The number of rotatable bonds is 5. The second-order valence-corrected chi connectivity index (χ2v) is 8.24. The smallest absolute Gasteiger partial charge is 0.321 e. The van der Waals surface area contributed by atoms with Gasteiger partial charge in [-0.25, -0.2) is 14.4 Å². The Hall–Kier alpha value is -3.50. The molecule has 2 aromatic heterocycles. The Balaban J connectivity index is 1.43. The molecule has 0 aliphatic rings. The molecule has 0 radical (unpaired) electrons. The number of anilines is 3. The summed E-state index contributed by atoms with van der Waals surface area (Å²) >= 11 is 7.33. The van der Waals surface area contributed by atoms with Crippen LogP contribution in [0.15, 0.2) is 54.6 Å². The van der Waals surface area contributed by atoms with Crippen molar-refractivity contribution in [1.29, 1.82) is 0 Å². The lowest BCUT2D eigenvalue weighted by molar-refractivity contribution is 0.154. The fourth-order valence-corrected chi connectivity index (χ4v) is 4.28. The van der Waals surface area contributed by atoms with E-state index in [1.165, 1.54) is 23.5 Å². The van der Waals surface area contributed by atoms with Gasteiger partial charge in [-0.2, -0.15) is 8.78 Å². The second-order valence-electron chi connectivity index (χ2n) is 6.77. The Kier molecular flexibility index (Phi) is 5.03. The van der Waals surface area contributed by atoms with Crippen LogP contribution in [0, 0.1) is 5.82 Å². The molecule has 0 saturated carbocycles. The first kappa shape index (κ1) is 20.4. The molecule has 0 fully saturated rings. The van der Waals surface area contributed by atoms with Gasteiger partial charge in [0.25, 0.3) is 0 Å². The molecule has 0 amide bonds. The summed E-state index contributed by atoms with van der Waals surface area (Å²) < 4.78 is 48.1. The molecule has 5 aromatic rings. The van der Waals surface area contributed by atoms with Gasteiger partial charge in [-0.3, -0.25) is 4.90 Å². The van der Waals surface area contributed by atoms with Crippen molar-refractivity contribution in [1.82, 2.24) is 15.0 Å². The van der Waals surface area contributed by atoms with Crippen LogP contribution in [0.25, 0.3) is 21.3 Å². The molecule has 6 nitrogen and oxygen atoms in total. The number of H-pyrrole nitrogens is 1. The number of nitrogen functional groups attached to an aromatic ring is 1. The highest BCUT2D eigenvalue weighted by molar-refractivity contribution is 7.22. The fourth-order valence-electron chi connectivity index (χ4n) is 3.27. The zero-order valence-electron chi connectivity index (χ0n) is 16.0. The number of alkyl halides is 2. The third-order valence-corrected chi connectivity index (χ3v) is 5.78. The molecule has 0 spiro atoms. The van der Waals surface area contributed by atoms with E-state index in [0.717, 1.165) is 22.3 Å². The molecular formula is C21H13ClF3N5OS. The van der Waals surface area contributed by atoms with Crippen molar-refractivity contribution in [3.8, 4) is 11.5 Å². The van der Waals surface area contributed by atoms with Crippen molar-refractivity contribution in [2.45, 2.75) is 6.55 Å². The molecule has 162 valence electrons. The molecule has 0 atom stereocenters. The Morgan fingerprint density at radius 1 is 1.03 bits per heavy atom. The molecule has 0 bridgehead atoms. The van der Waals surface area contributed by atoms with Crippen molar-refractivity contribution < 1.29 is 17.9 Å². The number of nitrogens with zero attached hydrogens (tertiary/aromatic N) is 3. The molecule has 0 aliphatic carbocycles. The Labute approximate surface area is 188 Å². The Morgan fingerprint density at radius 2 is 1.78 bits per heavy atom. The SMILES string of the molecule is Nc1nc2ccc(Oc3ccc(N(c4nc5c(Cl)cc(F)cc5[nH]4)C(F)F)cc3)cc2s1. The minimum atomic E-state index is -2.91. The molecular weight excluding hydrogens is 463 g/mol. The normalized spacial score (nSPS) is 11.5. The third-order valence-electron chi connectivity index (χ3n) is 4.64. The number of aromatic amines is 1. The lowest BCUT2D eigenvalue weighted by atomic mass is 10.2. The van der Waals surface area contributed by atoms with E-state index < -0.39 is 12.4 Å². The average Bonchev–Trinajstić information content (AvgIpc) is 3.31. The van der Waals surface area contributed by atoms with Gasteiger partial charge in [0.1, 0.15) is 22.8 Å². The van der Waals surface area contributed by atoms with Crippen molar-refractivity contribution in [2.75, 3.05) is 10.6 Å². The number of halogens is 4. The first-order valence-electron chi connectivity index (χ1n) is 9.23. The van der Waals surface area contributed by atoms with Gasteiger partial charge < -0.3 is 15.5 Å². The van der Waals surface area contributed by atoms with E-state index in [1.807, 2.05) is 0 Å². The predicted octanol–water partition coefficient (Wildman–Crippen LogP) is 6.70. The highest BCUT2D eigenvalue weighted by Gasteiger charge is 2.23. The summed E-state index contributed by atoms with van der Waals surface area (Å²) in [7, 11) is 0. The van der Waals surface area contributed by atoms with E-state index in [0.29, 0.717) is 21.5 Å². The van der Waals surface area contributed by atoms with Crippen LogP contribution in [0.1, 0.15) is 0 Å². The van der Waals surface area contributed by atoms with E-state index in [1.54, 1.807) is 30.3 Å². The van der Waals surface area contributed by atoms with Crippen LogP contribution in [0.2, 0.25) is 5.02 Å². The van der Waals surface area contributed by atoms with E-state index in [9.17, 15) is 13.2 Å². The molecule has 32 heavy (non-hydrogen) atoms. The standard InChI is InChI=1S/C21H13ClF3N5OS/c22-14-7-10(23)8-16-18(14)29-21(28-16)30(19(24)25)11-1-3-12(4-2-11)31-13-5-6-15-17(9-13)32-20(26)27-15/h1-9,19H,(H2,26,27)(H,28,29). The van der Waals surface area contributed by atoms with E-state index in [-0.39, 0.29) is 27.7 Å². The van der Waals surface area contributed by atoms with Gasteiger partial charge >= 0.3 is 6.55 Å². The summed E-state index contributed by atoms with van der Waals surface area (Å²) in [6.45, 7) is -2.91. The van der Waals surface area contributed by atoms with Crippen molar-refractivity contribution in [3.63, 3.8) is 0 Å². The van der Waals surface area contributed by atoms with E-state index in [2.05, 4.69) is 15.0 Å². The topological polar surface area (TPSA) is 80.1 Å². The number of ether oxygens (including phenoxy) is 1. The molecule has 3 N–H and O–H groups in total. The summed E-state index contributed by atoms with van der Waals surface area (Å²) in [5.74, 6) is 0.259. The van der Waals surface area contributed by atoms with Crippen LogP contribution in [0.3, 0.4) is 0 Å². The number of hydrogen-bond donors (Lipinski definition) is 2. The maximum Gasteiger partial charge on any atom is 0.321 e. The summed E-state index contributed by atoms with van der Waals surface area (Å²) in [5.41, 5.74) is 7.07. The molecule has 11 heteroatoms. The van der Waals surface area contributed by atoms with Gasteiger partial charge in [0.15, 0.2) is 5.13 Å². The Bertz CT molecular complexity index is 1440. The highest BCUT2D eigenvalue weighted by Crippen LogP contribution is 2.34. The van der Waals surface area contributed by atoms with Gasteiger partial charge in [0.2, 0.25) is 5.95 Å². The summed E-state index contributed by atoms with van der Waals surface area (Å²) in [6.07, 6.45) is 0. The van der Waals surface area contributed by atoms with E-state index in [4.69, 9.17) is 22.1 Å². The molecule has 5 rings (SSSR count). The van der Waals surface area contributed by atoms with Gasteiger partial charge in [-0.1, -0.05) is 22.9 Å². The number of benzene rings is 3. The third kappa shape index (κ3) is 3.78. The van der Waals surface area contributed by atoms with Crippen LogP contribution in [-0.2, 0) is 0 Å². The number of aromatic nitrogens is 3. The number of imidazole rings is 1. The molecule has 0 unspecified atom stereocenters. The van der Waals surface area contributed by atoms with E-state index >= 15 is 0 Å². The minimum Gasteiger partial charge on any atom is -0.457 e. The fraction of sp³-hybridized carbons (Fsp3) is 0.0476. The summed E-state index contributed by atoms with van der Waals surface area (Å²) in [5, 5.41) is 0.489. The molecule has 2 heterocycles. The molecule has 3 aromatic carbocycles. The van der Waals surface area contributed by atoms with Crippen LogP contribution in [-0.4, -0.2) is 21.5 Å². The number of hydrogen-bond acceptors (Lipinski definition) is 6. The second kappa shape index (κ2) is 7.88. The summed E-state index contributed by atoms with van der Waals surface area (Å²) in [6, 6.07) is 13.6. The lowest BCUT2D eigenvalue weighted by Crippen LogP contribution is -2.24. The van der Waals surface area contributed by atoms with Gasteiger partial charge in [-0.05, 0) is 48.5 Å². The largest absolute Gasteiger partial charge is 0.457 e. The molecule has 0 aliphatic heterocycles. The quantitative estimate of drug-likeness (QED) is 0.276. The van der Waals surface area contributed by atoms with Crippen molar-refractivity contribution >= 4 is 61.0 Å². The highest BCUT2D eigenvalue weighted by atomic mass is 35.5. The number of nitrogens with two attached hydrogens (primary N) is 1. The number of fused-ring (bicyclic) bond motifs is 2. The average molecular weight is 476 g/mol. The maximum absolute atomic E-state index is 13.9. The number of thiazole rings is 1. The van der Waals surface area contributed by atoms with Gasteiger partial charge in [-0.15, -0.1) is 0 Å².